The molecule has 0 bridgehead atoms. The Balaban J connectivity index is 1.60. The first-order chi connectivity index (χ1) is 16.5. The molecule has 190 valence electrons. The topological polar surface area (TPSA) is 98.8 Å². The lowest BCUT2D eigenvalue weighted by atomic mass is 9.91. The molecule has 0 radical (unpaired) electrons. The van der Waals surface area contributed by atoms with Gasteiger partial charge in [0.25, 0.3) is 5.91 Å². The summed E-state index contributed by atoms with van der Waals surface area (Å²) in [5.41, 5.74) is 2.69. The van der Waals surface area contributed by atoms with E-state index in [-0.39, 0.29) is 28.7 Å². The van der Waals surface area contributed by atoms with Crippen LogP contribution in [-0.4, -0.2) is 69.8 Å². The number of amides is 2. The summed E-state index contributed by atoms with van der Waals surface area (Å²) < 4.78 is 29.0. The van der Waals surface area contributed by atoms with Crippen LogP contribution in [0.15, 0.2) is 47.4 Å². The average Bonchev–Trinajstić information content (AvgIpc) is 2.80. The van der Waals surface area contributed by atoms with Gasteiger partial charge in [-0.15, -0.1) is 0 Å². The molecule has 9 heteroatoms. The van der Waals surface area contributed by atoms with Gasteiger partial charge in [-0.05, 0) is 88.0 Å². The van der Waals surface area contributed by atoms with Gasteiger partial charge in [-0.3, -0.25) is 14.5 Å². The molecule has 0 unspecified atom stereocenters. The molecule has 1 atom stereocenters. The highest BCUT2D eigenvalue weighted by Gasteiger charge is 2.28. The van der Waals surface area contributed by atoms with Gasteiger partial charge in [0, 0.05) is 31.4 Å². The molecule has 1 heterocycles. The van der Waals surface area contributed by atoms with Crippen LogP contribution in [0.5, 0.6) is 0 Å². The monoisotopic (exact) mass is 500 g/mol. The lowest BCUT2D eigenvalue weighted by Crippen LogP contribution is -2.46. The molecule has 2 aromatic carbocycles. The molecule has 0 saturated carbocycles. The summed E-state index contributed by atoms with van der Waals surface area (Å²) in [6.45, 7) is 7.48. The summed E-state index contributed by atoms with van der Waals surface area (Å²) in [6, 6.07) is 11.8. The number of likely N-dealkylation sites (N-methyl/N-ethyl adjacent to an activating group) is 1. The van der Waals surface area contributed by atoms with E-state index in [1.165, 1.54) is 6.07 Å². The minimum absolute atomic E-state index is 0.0751. The lowest BCUT2D eigenvalue weighted by molar-refractivity contribution is -0.130. The zero-order chi connectivity index (χ0) is 25.8. The van der Waals surface area contributed by atoms with Gasteiger partial charge in [0.1, 0.15) is 0 Å². The van der Waals surface area contributed by atoms with Crippen LogP contribution in [0.3, 0.4) is 0 Å². The SMILES string of the molecule is Cc1cc(S(=O)(=O)N[C@H](C)C2CCN(CC(=O)N(C)C)CC2)ccc1NC(=O)c1ccccc1C. The summed E-state index contributed by atoms with van der Waals surface area (Å²) in [5.74, 6) is 0.0440. The third-order valence-electron chi connectivity index (χ3n) is 6.68. The van der Waals surface area contributed by atoms with E-state index in [0.29, 0.717) is 23.4 Å². The summed E-state index contributed by atoms with van der Waals surface area (Å²) in [5, 5.41) is 2.88. The second kappa shape index (κ2) is 11.3. The predicted octanol–water partition coefficient (Wildman–Crippen LogP) is 3.02. The molecule has 2 amide bonds. The van der Waals surface area contributed by atoms with Crippen molar-refractivity contribution in [1.82, 2.24) is 14.5 Å². The van der Waals surface area contributed by atoms with Crippen molar-refractivity contribution in [1.29, 1.82) is 0 Å². The Hall–Kier alpha value is -2.75. The molecule has 1 fully saturated rings. The third-order valence-corrected chi connectivity index (χ3v) is 8.24. The molecule has 1 aliphatic rings. The molecule has 2 N–H and O–H groups in total. The number of hydrogen-bond donors (Lipinski definition) is 2. The summed E-state index contributed by atoms with van der Waals surface area (Å²) >= 11 is 0. The zero-order valence-electron chi connectivity index (χ0n) is 21.2. The number of benzene rings is 2. The molecule has 1 saturated heterocycles. The molecule has 0 aliphatic carbocycles. The highest BCUT2D eigenvalue weighted by atomic mass is 32.2. The number of anilines is 1. The van der Waals surface area contributed by atoms with Crippen molar-refractivity contribution in [2.24, 2.45) is 5.92 Å². The van der Waals surface area contributed by atoms with Crippen LogP contribution in [0.4, 0.5) is 5.69 Å². The van der Waals surface area contributed by atoms with Crippen molar-refractivity contribution >= 4 is 27.5 Å². The van der Waals surface area contributed by atoms with Crippen LogP contribution in [0, 0.1) is 19.8 Å². The van der Waals surface area contributed by atoms with Crippen LogP contribution in [0.2, 0.25) is 0 Å². The number of piperidine rings is 1. The Morgan fingerprint density at radius 3 is 2.31 bits per heavy atom. The van der Waals surface area contributed by atoms with Crippen LogP contribution in [0.25, 0.3) is 0 Å². The van der Waals surface area contributed by atoms with E-state index >= 15 is 0 Å². The lowest BCUT2D eigenvalue weighted by Gasteiger charge is -2.35. The van der Waals surface area contributed by atoms with E-state index in [4.69, 9.17) is 0 Å². The Morgan fingerprint density at radius 1 is 1.06 bits per heavy atom. The van der Waals surface area contributed by atoms with E-state index in [2.05, 4.69) is 14.9 Å². The Kier molecular flexibility index (Phi) is 8.69. The maximum atomic E-state index is 13.1. The fourth-order valence-corrected chi connectivity index (χ4v) is 5.71. The number of nitrogens with one attached hydrogen (secondary N) is 2. The maximum Gasteiger partial charge on any atom is 0.255 e. The number of likely N-dealkylation sites (tertiary alicyclic amines) is 1. The zero-order valence-corrected chi connectivity index (χ0v) is 22.0. The van der Waals surface area contributed by atoms with Gasteiger partial charge in [-0.1, -0.05) is 18.2 Å². The van der Waals surface area contributed by atoms with Gasteiger partial charge in [0.2, 0.25) is 15.9 Å². The minimum atomic E-state index is -3.72. The van der Waals surface area contributed by atoms with E-state index in [1.807, 2.05) is 32.0 Å². The quantitative estimate of drug-likeness (QED) is 0.581. The first-order valence-electron chi connectivity index (χ1n) is 11.9. The highest BCUT2D eigenvalue weighted by Crippen LogP contribution is 2.24. The van der Waals surface area contributed by atoms with Crippen LogP contribution < -0.4 is 10.0 Å². The Bertz CT molecular complexity index is 1170. The number of hydrogen-bond acceptors (Lipinski definition) is 5. The maximum absolute atomic E-state index is 13.1. The van der Waals surface area contributed by atoms with Crippen LogP contribution in [0.1, 0.15) is 41.3 Å². The van der Waals surface area contributed by atoms with Crippen molar-refractivity contribution in [2.45, 2.75) is 44.6 Å². The van der Waals surface area contributed by atoms with E-state index < -0.39 is 10.0 Å². The molecule has 2 aromatic rings. The predicted molar refractivity (Wildman–Crippen MR) is 138 cm³/mol. The first kappa shape index (κ1) is 26.8. The largest absolute Gasteiger partial charge is 0.348 e. The third kappa shape index (κ3) is 6.90. The normalized spacial score (nSPS) is 16.0. The molecular formula is C26H36N4O4S. The van der Waals surface area contributed by atoms with Gasteiger partial charge in [-0.2, -0.15) is 0 Å². The van der Waals surface area contributed by atoms with Gasteiger partial charge < -0.3 is 10.2 Å². The first-order valence-corrected chi connectivity index (χ1v) is 13.4. The van der Waals surface area contributed by atoms with Crippen molar-refractivity contribution in [3.8, 4) is 0 Å². The summed E-state index contributed by atoms with van der Waals surface area (Å²) in [6.07, 6.45) is 1.65. The minimum Gasteiger partial charge on any atom is -0.348 e. The molecule has 1 aliphatic heterocycles. The second-order valence-electron chi connectivity index (χ2n) is 9.56. The molecule has 3 rings (SSSR count). The Labute approximate surface area is 208 Å². The standard InChI is InChI=1S/C26H36N4O4S/c1-18-8-6-7-9-23(18)26(32)27-24-11-10-22(16-19(24)2)35(33,34)28-20(3)21-12-14-30(15-13-21)17-25(31)29(4)5/h6-11,16,20-21,28H,12-15,17H2,1-5H3,(H,27,32)/t20-/m1/s1. The molecular weight excluding hydrogens is 464 g/mol. The molecule has 35 heavy (non-hydrogen) atoms. The van der Waals surface area contributed by atoms with Gasteiger partial charge in [0.05, 0.1) is 11.4 Å². The van der Waals surface area contributed by atoms with Crippen LogP contribution in [-0.2, 0) is 14.8 Å². The Morgan fingerprint density at radius 2 is 1.71 bits per heavy atom. The van der Waals surface area contributed by atoms with Gasteiger partial charge in [-0.25, -0.2) is 13.1 Å². The van der Waals surface area contributed by atoms with Crippen LogP contribution >= 0.6 is 0 Å². The molecule has 0 spiro atoms. The van der Waals surface area contributed by atoms with Crippen molar-refractivity contribution in [3.63, 3.8) is 0 Å². The van der Waals surface area contributed by atoms with E-state index in [9.17, 15) is 18.0 Å². The number of carbonyl (C=O) groups excluding carboxylic acids is 2. The summed E-state index contributed by atoms with van der Waals surface area (Å²) in [4.78, 5) is 28.5. The van der Waals surface area contributed by atoms with Crippen molar-refractivity contribution in [3.05, 3.63) is 59.2 Å². The van der Waals surface area contributed by atoms with Crippen molar-refractivity contribution < 1.29 is 18.0 Å². The second-order valence-corrected chi connectivity index (χ2v) is 11.3. The summed E-state index contributed by atoms with van der Waals surface area (Å²) in [7, 11) is -0.220. The van der Waals surface area contributed by atoms with Gasteiger partial charge >= 0.3 is 0 Å². The average molecular weight is 501 g/mol. The molecule has 8 nitrogen and oxygen atoms in total. The fraction of sp³-hybridized carbons (Fsp3) is 0.462. The highest BCUT2D eigenvalue weighted by molar-refractivity contribution is 7.89. The number of aryl methyl sites for hydroxylation is 2. The van der Waals surface area contributed by atoms with E-state index in [1.54, 1.807) is 44.1 Å². The van der Waals surface area contributed by atoms with Crippen molar-refractivity contribution in [2.75, 3.05) is 39.0 Å². The number of sulfonamides is 1. The van der Waals surface area contributed by atoms with Gasteiger partial charge in [0.15, 0.2) is 0 Å². The number of carbonyl (C=O) groups is 2. The number of rotatable bonds is 8. The fourth-order valence-electron chi connectivity index (χ4n) is 4.31. The number of nitrogens with zero attached hydrogens (tertiary/aromatic N) is 2. The van der Waals surface area contributed by atoms with E-state index in [0.717, 1.165) is 31.5 Å². The smallest absolute Gasteiger partial charge is 0.255 e. The molecule has 0 aromatic heterocycles.